The van der Waals surface area contributed by atoms with Gasteiger partial charge in [-0.15, -0.1) is 0 Å². The van der Waals surface area contributed by atoms with Gasteiger partial charge in [-0.25, -0.2) is 0 Å². The van der Waals surface area contributed by atoms with Crippen molar-refractivity contribution in [2.24, 2.45) is 0 Å². The smallest absolute Gasteiger partial charge is 0.125 e. The highest BCUT2D eigenvalue weighted by Crippen LogP contribution is 1.89. The predicted molar refractivity (Wildman–Crippen MR) is 41.4 cm³/mol. The van der Waals surface area contributed by atoms with Crippen LogP contribution >= 0.6 is 0 Å². The van der Waals surface area contributed by atoms with Gasteiger partial charge < -0.3 is 4.89 Å². The van der Waals surface area contributed by atoms with Crippen molar-refractivity contribution in [1.82, 2.24) is 0 Å². The van der Waals surface area contributed by atoms with E-state index in [9.17, 15) is 0 Å². The monoisotopic (exact) mass is 144 g/mol. The third-order valence-electron chi connectivity index (χ3n) is 1.04. The van der Waals surface area contributed by atoms with Gasteiger partial charge in [0, 0.05) is 0 Å². The molecular formula is C8H16O2. The van der Waals surface area contributed by atoms with Crippen LogP contribution in [0.25, 0.3) is 0 Å². The quantitative estimate of drug-likeness (QED) is 0.247. The molecule has 0 saturated carbocycles. The van der Waals surface area contributed by atoms with Crippen molar-refractivity contribution in [1.29, 1.82) is 0 Å². The van der Waals surface area contributed by atoms with E-state index in [1.54, 1.807) is 6.26 Å². The molecule has 0 atom stereocenters. The molecule has 0 aromatic heterocycles. The zero-order valence-corrected chi connectivity index (χ0v) is 6.80. The fraction of sp³-hybridized carbons (Fsp3) is 0.750. The van der Waals surface area contributed by atoms with Crippen molar-refractivity contribution in [3.8, 4) is 0 Å². The average molecular weight is 144 g/mol. The normalized spacial score (nSPS) is 10.6. The van der Waals surface area contributed by atoms with E-state index in [1.165, 1.54) is 0 Å². The first-order valence-electron chi connectivity index (χ1n) is 3.85. The Balaban J connectivity index is 2.83. The summed E-state index contributed by atoms with van der Waals surface area (Å²) in [6, 6.07) is 0. The summed E-state index contributed by atoms with van der Waals surface area (Å²) in [5.41, 5.74) is 0. The highest BCUT2D eigenvalue weighted by molar-refractivity contribution is 4.68. The van der Waals surface area contributed by atoms with E-state index in [0.29, 0.717) is 6.61 Å². The molecule has 0 aliphatic heterocycles. The first kappa shape index (κ1) is 9.50. The highest BCUT2D eigenvalue weighted by Gasteiger charge is 1.82. The van der Waals surface area contributed by atoms with Crippen molar-refractivity contribution in [3.63, 3.8) is 0 Å². The molecule has 2 heteroatoms. The molecule has 0 aliphatic rings. The van der Waals surface area contributed by atoms with Crippen LogP contribution in [0.15, 0.2) is 12.3 Å². The largest absolute Gasteiger partial charge is 0.346 e. The highest BCUT2D eigenvalue weighted by atomic mass is 17.2. The predicted octanol–water partition coefficient (Wildman–Crippen LogP) is 2.66. The van der Waals surface area contributed by atoms with Crippen molar-refractivity contribution in [2.75, 3.05) is 6.61 Å². The Morgan fingerprint density at radius 1 is 1.30 bits per heavy atom. The Kier molecular flexibility index (Phi) is 8.07. The lowest BCUT2D eigenvalue weighted by Gasteiger charge is -1.97. The van der Waals surface area contributed by atoms with E-state index in [1.807, 2.05) is 13.0 Å². The topological polar surface area (TPSA) is 18.5 Å². The minimum absolute atomic E-state index is 0.685. The molecule has 0 rings (SSSR count). The van der Waals surface area contributed by atoms with Gasteiger partial charge in [-0.2, -0.15) is 4.89 Å². The van der Waals surface area contributed by atoms with Crippen molar-refractivity contribution < 1.29 is 9.78 Å². The molecule has 60 valence electrons. The molecule has 0 bridgehead atoms. The molecule has 10 heavy (non-hydrogen) atoms. The molecule has 0 N–H and O–H groups in total. The van der Waals surface area contributed by atoms with Gasteiger partial charge in [0.15, 0.2) is 0 Å². The lowest BCUT2D eigenvalue weighted by Crippen LogP contribution is -1.90. The first-order valence-corrected chi connectivity index (χ1v) is 3.85. The Morgan fingerprint density at radius 2 is 2.10 bits per heavy atom. The SMILES string of the molecule is CCC=COOCCCC. The summed E-state index contributed by atoms with van der Waals surface area (Å²) in [7, 11) is 0. The summed E-state index contributed by atoms with van der Waals surface area (Å²) >= 11 is 0. The zero-order valence-electron chi connectivity index (χ0n) is 6.80. The van der Waals surface area contributed by atoms with Gasteiger partial charge >= 0.3 is 0 Å². The molecule has 0 aliphatic carbocycles. The lowest BCUT2D eigenvalue weighted by atomic mass is 10.4. The average Bonchev–Trinajstić information content (AvgIpc) is 1.97. The second kappa shape index (κ2) is 8.50. The van der Waals surface area contributed by atoms with E-state index >= 15 is 0 Å². The molecular weight excluding hydrogens is 128 g/mol. The van der Waals surface area contributed by atoms with Gasteiger partial charge in [-0.05, 0) is 18.9 Å². The molecule has 2 nitrogen and oxygen atoms in total. The van der Waals surface area contributed by atoms with E-state index in [2.05, 4.69) is 6.92 Å². The molecule has 0 saturated heterocycles. The number of rotatable bonds is 6. The van der Waals surface area contributed by atoms with E-state index in [4.69, 9.17) is 9.78 Å². The Hall–Kier alpha value is -0.500. The lowest BCUT2D eigenvalue weighted by molar-refractivity contribution is -0.249. The second-order valence-electron chi connectivity index (χ2n) is 2.05. The van der Waals surface area contributed by atoms with E-state index in [0.717, 1.165) is 19.3 Å². The van der Waals surface area contributed by atoms with Crippen LogP contribution in [0.5, 0.6) is 0 Å². The second-order valence-corrected chi connectivity index (χ2v) is 2.05. The fourth-order valence-corrected chi connectivity index (χ4v) is 0.426. The van der Waals surface area contributed by atoms with Crippen molar-refractivity contribution in [3.05, 3.63) is 12.3 Å². The standard InChI is InChI=1S/C8H16O2/c1-3-5-7-9-10-8-6-4-2/h5,7H,3-4,6,8H2,1-2H3. The van der Waals surface area contributed by atoms with E-state index < -0.39 is 0 Å². The van der Waals surface area contributed by atoms with Gasteiger partial charge in [0.1, 0.15) is 6.26 Å². The molecule has 0 unspecified atom stereocenters. The fourth-order valence-electron chi connectivity index (χ4n) is 0.426. The maximum Gasteiger partial charge on any atom is 0.125 e. The van der Waals surface area contributed by atoms with Crippen LogP contribution in [0.4, 0.5) is 0 Å². The number of hydrogen-bond acceptors (Lipinski definition) is 2. The van der Waals surface area contributed by atoms with Crippen LogP contribution in [0.3, 0.4) is 0 Å². The molecule has 0 amide bonds. The van der Waals surface area contributed by atoms with Crippen LogP contribution in [0.2, 0.25) is 0 Å². The number of allylic oxidation sites excluding steroid dienone is 1. The third kappa shape index (κ3) is 7.50. The first-order chi connectivity index (χ1) is 4.91. The van der Waals surface area contributed by atoms with Crippen molar-refractivity contribution >= 4 is 0 Å². The maximum absolute atomic E-state index is 4.79. The van der Waals surface area contributed by atoms with Crippen molar-refractivity contribution in [2.45, 2.75) is 33.1 Å². The zero-order chi connectivity index (χ0) is 7.66. The van der Waals surface area contributed by atoms with Gasteiger partial charge in [0.05, 0.1) is 6.61 Å². The Morgan fingerprint density at radius 3 is 2.70 bits per heavy atom. The van der Waals surface area contributed by atoms with Gasteiger partial charge in [0.25, 0.3) is 0 Å². The van der Waals surface area contributed by atoms with Crippen LogP contribution in [-0.4, -0.2) is 6.61 Å². The molecule has 0 fully saturated rings. The molecule has 0 radical (unpaired) electrons. The maximum atomic E-state index is 4.79. The van der Waals surface area contributed by atoms with Crippen LogP contribution in [-0.2, 0) is 9.78 Å². The molecule has 0 aromatic carbocycles. The summed E-state index contributed by atoms with van der Waals surface area (Å²) < 4.78 is 0. The van der Waals surface area contributed by atoms with Crippen LogP contribution in [0, 0.1) is 0 Å². The summed E-state index contributed by atoms with van der Waals surface area (Å²) in [4.78, 5) is 9.48. The summed E-state index contributed by atoms with van der Waals surface area (Å²) in [5.74, 6) is 0. The van der Waals surface area contributed by atoms with Crippen LogP contribution < -0.4 is 0 Å². The third-order valence-corrected chi connectivity index (χ3v) is 1.04. The Labute approximate surface area is 62.8 Å². The minimum atomic E-state index is 0.685. The Bertz CT molecular complexity index is 79.3. The number of unbranched alkanes of at least 4 members (excludes halogenated alkanes) is 1. The van der Waals surface area contributed by atoms with Gasteiger partial charge in [-0.1, -0.05) is 20.3 Å². The summed E-state index contributed by atoms with van der Waals surface area (Å²) in [6.07, 6.45) is 6.67. The number of hydrogen-bond donors (Lipinski definition) is 0. The van der Waals surface area contributed by atoms with E-state index in [-0.39, 0.29) is 0 Å². The molecule has 0 spiro atoms. The molecule has 0 aromatic rings. The minimum Gasteiger partial charge on any atom is -0.346 e. The van der Waals surface area contributed by atoms with Crippen LogP contribution in [0.1, 0.15) is 33.1 Å². The summed E-state index contributed by atoms with van der Waals surface area (Å²) in [5, 5.41) is 0. The summed E-state index contributed by atoms with van der Waals surface area (Å²) in [6.45, 7) is 4.85. The molecule has 0 heterocycles. The van der Waals surface area contributed by atoms with Gasteiger partial charge in [0.2, 0.25) is 0 Å². The van der Waals surface area contributed by atoms with Gasteiger partial charge in [-0.3, -0.25) is 0 Å².